The highest BCUT2D eigenvalue weighted by molar-refractivity contribution is 7.98. The summed E-state index contributed by atoms with van der Waals surface area (Å²) in [6.45, 7) is 0. The molecule has 5 aromatic rings. The minimum Gasteiger partial charge on any atom is -0.271 e. The molecule has 3 nitrogen and oxygen atoms in total. The quantitative estimate of drug-likeness (QED) is 0.287. The molecule has 0 amide bonds. The second-order valence-electron chi connectivity index (χ2n) is 6.09. The lowest BCUT2D eigenvalue weighted by atomic mass is 10.2. The lowest BCUT2D eigenvalue weighted by Gasteiger charge is -2.08. The number of fused-ring (bicyclic) bond motifs is 5. The Morgan fingerprint density at radius 1 is 0.808 bits per heavy atom. The van der Waals surface area contributed by atoms with Crippen LogP contribution in [0.25, 0.3) is 27.6 Å². The third-order valence-electron chi connectivity index (χ3n) is 4.39. The van der Waals surface area contributed by atoms with Gasteiger partial charge in [-0.2, -0.15) is 0 Å². The molecule has 0 fully saturated rings. The van der Waals surface area contributed by atoms with Crippen LogP contribution < -0.4 is 0 Å². The van der Waals surface area contributed by atoms with E-state index >= 15 is 0 Å². The van der Waals surface area contributed by atoms with Gasteiger partial charge in [0.25, 0.3) is 0 Å². The third-order valence-corrected chi connectivity index (χ3v) is 5.66. The number of thioether (sulfide) groups is 1. The molecule has 126 valence electrons. The average Bonchev–Trinajstić information content (AvgIpc) is 3.07. The number of halogens is 1. The van der Waals surface area contributed by atoms with Crippen molar-refractivity contribution < 1.29 is 0 Å². The SMILES string of the molecule is Clc1ccc(CSc2nc3ccccc3c3nc4ccccc4n23)cc1. The van der Waals surface area contributed by atoms with Crippen LogP contribution in [0.5, 0.6) is 0 Å². The standard InChI is InChI=1S/C21H14ClN3S/c22-15-11-9-14(10-12-15)13-26-21-24-17-6-2-1-5-16(17)20-23-18-7-3-4-8-19(18)25(20)21/h1-12H,13H2. The van der Waals surface area contributed by atoms with Crippen molar-refractivity contribution in [3.63, 3.8) is 0 Å². The molecule has 0 aliphatic rings. The van der Waals surface area contributed by atoms with Crippen LogP contribution in [-0.4, -0.2) is 14.4 Å². The smallest absolute Gasteiger partial charge is 0.175 e. The molecule has 5 rings (SSSR count). The summed E-state index contributed by atoms with van der Waals surface area (Å²) in [5, 5.41) is 2.77. The van der Waals surface area contributed by atoms with E-state index in [1.165, 1.54) is 5.56 Å². The third kappa shape index (κ3) is 2.62. The number of rotatable bonds is 3. The van der Waals surface area contributed by atoms with Crippen molar-refractivity contribution in [2.45, 2.75) is 10.9 Å². The normalized spacial score (nSPS) is 11.6. The Morgan fingerprint density at radius 2 is 1.54 bits per heavy atom. The van der Waals surface area contributed by atoms with E-state index in [2.05, 4.69) is 28.7 Å². The Kier molecular flexibility index (Phi) is 3.80. The van der Waals surface area contributed by atoms with Gasteiger partial charge in [0, 0.05) is 16.2 Å². The minimum absolute atomic E-state index is 0.755. The fraction of sp³-hybridized carbons (Fsp3) is 0.0476. The van der Waals surface area contributed by atoms with Crippen molar-refractivity contribution in [2.75, 3.05) is 0 Å². The molecule has 0 bridgehead atoms. The maximum atomic E-state index is 5.99. The summed E-state index contributed by atoms with van der Waals surface area (Å²) in [6.07, 6.45) is 0. The highest BCUT2D eigenvalue weighted by Gasteiger charge is 2.14. The van der Waals surface area contributed by atoms with Crippen LogP contribution >= 0.6 is 23.4 Å². The number of para-hydroxylation sites is 3. The predicted octanol–water partition coefficient (Wildman–Crippen LogP) is 5.98. The lowest BCUT2D eigenvalue weighted by Crippen LogP contribution is -1.97. The summed E-state index contributed by atoms with van der Waals surface area (Å²) in [6, 6.07) is 24.3. The zero-order chi connectivity index (χ0) is 17.5. The van der Waals surface area contributed by atoms with Gasteiger partial charge in [-0.05, 0) is 42.0 Å². The van der Waals surface area contributed by atoms with Gasteiger partial charge in [0.15, 0.2) is 5.16 Å². The molecule has 0 saturated heterocycles. The number of aromatic nitrogens is 3. The van der Waals surface area contributed by atoms with Crippen molar-refractivity contribution in [1.82, 2.24) is 14.4 Å². The topological polar surface area (TPSA) is 30.2 Å². The summed E-state index contributed by atoms with van der Waals surface area (Å²) in [7, 11) is 0. The molecule has 0 unspecified atom stereocenters. The van der Waals surface area contributed by atoms with E-state index < -0.39 is 0 Å². The van der Waals surface area contributed by atoms with Crippen molar-refractivity contribution >= 4 is 50.9 Å². The summed E-state index contributed by atoms with van der Waals surface area (Å²) < 4.78 is 2.16. The molecule has 2 heterocycles. The van der Waals surface area contributed by atoms with E-state index in [0.717, 1.165) is 43.5 Å². The number of benzene rings is 3. The van der Waals surface area contributed by atoms with Gasteiger partial charge < -0.3 is 0 Å². The van der Waals surface area contributed by atoms with Crippen LogP contribution in [0.4, 0.5) is 0 Å². The van der Waals surface area contributed by atoms with Crippen molar-refractivity contribution in [1.29, 1.82) is 0 Å². The highest BCUT2D eigenvalue weighted by atomic mass is 35.5. The predicted molar refractivity (Wildman–Crippen MR) is 109 cm³/mol. The van der Waals surface area contributed by atoms with Crippen LogP contribution in [0.1, 0.15) is 5.56 Å². The molecule has 0 aliphatic heterocycles. The minimum atomic E-state index is 0.755. The Morgan fingerprint density at radius 3 is 2.38 bits per heavy atom. The van der Waals surface area contributed by atoms with Crippen molar-refractivity contribution in [2.24, 2.45) is 0 Å². The molecule has 0 N–H and O–H groups in total. The molecule has 5 heteroatoms. The van der Waals surface area contributed by atoms with E-state index in [-0.39, 0.29) is 0 Å². The highest BCUT2D eigenvalue weighted by Crippen LogP contribution is 2.30. The summed E-state index contributed by atoms with van der Waals surface area (Å²) in [5.74, 6) is 0.824. The molecular formula is C21H14ClN3S. The largest absolute Gasteiger partial charge is 0.271 e. The number of nitrogens with zero attached hydrogens (tertiary/aromatic N) is 3. The number of imidazole rings is 1. The monoisotopic (exact) mass is 375 g/mol. The van der Waals surface area contributed by atoms with Crippen LogP contribution in [-0.2, 0) is 5.75 Å². The average molecular weight is 376 g/mol. The van der Waals surface area contributed by atoms with E-state index in [1.807, 2.05) is 48.5 Å². The maximum Gasteiger partial charge on any atom is 0.175 e. The molecule has 0 aliphatic carbocycles. The van der Waals surface area contributed by atoms with Crippen molar-refractivity contribution in [3.8, 4) is 0 Å². The van der Waals surface area contributed by atoms with Crippen LogP contribution in [0, 0.1) is 0 Å². The van der Waals surface area contributed by atoms with E-state index in [9.17, 15) is 0 Å². The van der Waals surface area contributed by atoms with E-state index in [1.54, 1.807) is 11.8 Å². The molecule has 0 saturated carbocycles. The molecule has 2 aromatic heterocycles. The Balaban J connectivity index is 1.70. The first-order chi connectivity index (χ1) is 12.8. The van der Waals surface area contributed by atoms with Gasteiger partial charge in [-0.1, -0.05) is 59.8 Å². The number of hydrogen-bond donors (Lipinski definition) is 0. The molecule has 0 spiro atoms. The van der Waals surface area contributed by atoms with Gasteiger partial charge in [0.1, 0.15) is 5.65 Å². The summed E-state index contributed by atoms with van der Waals surface area (Å²) in [5.41, 5.74) is 5.20. The maximum absolute atomic E-state index is 5.99. The lowest BCUT2D eigenvalue weighted by molar-refractivity contribution is 0.952. The molecular weight excluding hydrogens is 362 g/mol. The first kappa shape index (κ1) is 15.7. The van der Waals surface area contributed by atoms with Gasteiger partial charge in [0.05, 0.1) is 16.6 Å². The zero-order valence-electron chi connectivity index (χ0n) is 13.8. The van der Waals surface area contributed by atoms with Crippen molar-refractivity contribution in [3.05, 3.63) is 83.4 Å². The summed E-state index contributed by atoms with van der Waals surface area (Å²) in [4.78, 5) is 9.78. The van der Waals surface area contributed by atoms with Gasteiger partial charge in [-0.3, -0.25) is 4.40 Å². The zero-order valence-corrected chi connectivity index (χ0v) is 15.3. The van der Waals surface area contributed by atoms with Crippen LogP contribution in [0.15, 0.2) is 78.0 Å². The first-order valence-electron chi connectivity index (χ1n) is 8.33. The second kappa shape index (κ2) is 6.31. The Labute approximate surface area is 159 Å². The van der Waals surface area contributed by atoms with Gasteiger partial charge in [-0.25, -0.2) is 9.97 Å². The van der Waals surface area contributed by atoms with Gasteiger partial charge in [0.2, 0.25) is 0 Å². The number of hydrogen-bond acceptors (Lipinski definition) is 3. The Bertz CT molecular complexity index is 1250. The van der Waals surface area contributed by atoms with Crippen LogP contribution in [0.3, 0.4) is 0 Å². The summed E-state index contributed by atoms with van der Waals surface area (Å²) >= 11 is 7.70. The second-order valence-corrected chi connectivity index (χ2v) is 7.47. The van der Waals surface area contributed by atoms with Crippen LogP contribution in [0.2, 0.25) is 5.02 Å². The fourth-order valence-corrected chi connectivity index (χ4v) is 4.23. The first-order valence-corrected chi connectivity index (χ1v) is 9.69. The van der Waals surface area contributed by atoms with Gasteiger partial charge >= 0.3 is 0 Å². The molecule has 3 aromatic carbocycles. The van der Waals surface area contributed by atoms with E-state index in [0.29, 0.717) is 0 Å². The Hall–Kier alpha value is -2.56. The molecule has 0 atom stereocenters. The molecule has 0 radical (unpaired) electrons. The molecule has 26 heavy (non-hydrogen) atoms. The van der Waals surface area contributed by atoms with E-state index in [4.69, 9.17) is 21.6 Å². The van der Waals surface area contributed by atoms with Gasteiger partial charge in [-0.15, -0.1) is 0 Å². The fourth-order valence-electron chi connectivity index (χ4n) is 3.14.